The molecule has 0 aromatic carbocycles. The van der Waals surface area contributed by atoms with Crippen LogP contribution in [-0.2, 0) is 17.6 Å². The van der Waals surface area contributed by atoms with E-state index in [2.05, 4.69) is 15.3 Å². The summed E-state index contributed by atoms with van der Waals surface area (Å²) in [6.45, 7) is 0.931. The molecule has 3 heterocycles. The SMILES string of the molecule is c1nc(NC2CCCC3OCCC23)c2c3c(sc2n1)CCCC3. The molecule has 3 atom stereocenters. The summed E-state index contributed by atoms with van der Waals surface area (Å²) >= 11 is 1.88. The summed E-state index contributed by atoms with van der Waals surface area (Å²) in [5.74, 6) is 1.73. The lowest BCUT2D eigenvalue weighted by Gasteiger charge is -2.33. The molecule has 2 aliphatic carbocycles. The third-order valence-corrected chi connectivity index (χ3v) is 7.05. The average Bonchev–Trinajstić information content (AvgIpc) is 3.20. The Kier molecular flexibility index (Phi) is 3.52. The summed E-state index contributed by atoms with van der Waals surface area (Å²) in [6.07, 6.45) is 12.2. The molecule has 23 heavy (non-hydrogen) atoms. The van der Waals surface area contributed by atoms with Crippen LogP contribution in [0, 0.1) is 5.92 Å². The molecule has 1 aliphatic heterocycles. The van der Waals surface area contributed by atoms with E-state index in [0.717, 1.165) is 12.4 Å². The number of anilines is 1. The largest absolute Gasteiger partial charge is 0.378 e. The van der Waals surface area contributed by atoms with Gasteiger partial charge in [-0.1, -0.05) is 0 Å². The average molecular weight is 329 g/mol. The highest BCUT2D eigenvalue weighted by atomic mass is 32.1. The van der Waals surface area contributed by atoms with E-state index in [0.29, 0.717) is 18.1 Å². The number of aromatic nitrogens is 2. The number of rotatable bonds is 2. The van der Waals surface area contributed by atoms with Crippen LogP contribution >= 0.6 is 11.3 Å². The number of ether oxygens (including phenoxy) is 1. The quantitative estimate of drug-likeness (QED) is 0.906. The zero-order chi connectivity index (χ0) is 15.2. The molecule has 2 aromatic heterocycles. The van der Waals surface area contributed by atoms with Crippen LogP contribution in [0.2, 0.25) is 0 Å². The van der Waals surface area contributed by atoms with Crippen molar-refractivity contribution >= 4 is 27.4 Å². The van der Waals surface area contributed by atoms with Crippen LogP contribution in [0.15, 0.2) is 6.33 Å². The van der Waals surface area contributed by atoms with E-state index in [4.69, 9.17) is 4.74 Å². The zero-order valence-electron chi connectivity index (χ0n) is 13.4. The van der Waals surface area contributed by atoms with Gasteiger partial charge in [-0.2, -0.15) is 0 Å². The lowest BCUT2D eigenvalue weighted by Crippen LogP contribution is -2.38. The van der Waals surface area contributed by atoms with Crippen molar-refractivity contribution in [1.82, 2.24) is 9.97 Å². The van der Waals surface area contributed by atoms with Gasteiger partial charge in [0.2, 0.25) is 0 Å². The van der Waals surface area contributed by atoms with Gasteiger partial charge in [0.25, 0.3) is 0 Å². The van der Waals surface area contributed by atoms with Gasteiger partial charge in [0.1, 0.15) is 17.0 Å². The van der Waals surface area contributed by atoms with Crippen LogP contribution in [-0.4, -0.2) is 28.7 Å². The molecule has 5 rings (SSSR count). The predicted octanol–water partition coefficient (Wildman–Crippen LogP) is 3.94. The molecule has 3 unspecified atom stereocenters. The molecule has 1 saturated heterocycles. The van der Waals surface area contributed by atoms with E-state index in [1.807, 2.05) is 11.3 Å². The van der Waals surface area contributed by atoms with Crippen molar-refractivity contribution in [3.05, 3.63) is 16.8 Å². The van der Waals surface area contributed by atoms with E-state index in [1.54, 1.807) is 11.2 Å². The third kappa shape index (κ3) is 2.36. The molecule has 0 amide bonds. The van der Waals surface area contributed by atoms with E-state index >= 15 is 0 Å². The minimum Gasteiger partial charge on any atom is -0.378 e. The summed E-state index contributed by atoms with van der Waals surface area (Å²) in [7, 11) is 0. The number of nitrogens with zero attached hydrogens (tertiary/aromatic N) is 2. The molecule has 3 aliphatic rings. The van der Waals surface area contributed by atoms with Crippen molar-refractivity contribution in [2.75, 3.05) is 11.9 Å². The predicted molar refractivity (Wildman–Crippen MR) is 93.2 cm³/mol. The molecule has 1 N–H and O–H groups in total. The third-order valence-electron chi connectivity index (χ3n) is 5.85. The molecular formula is C18H23N3OS. The molecule has 2 fully saturated rings. The maximum atomic E-state index is 5.92. The number of nitrogens with one attached hydrogen (secondary N) is 1. The van der Waals surface area contributed by atoms with Crippen molar-refractivity contribution in [1.29, 1.82) is 0 Å². The van der Waals surface area contributed by atoms with E-state index in [-0.39, 0.29) is 0 Å². The van der Waals surface area contributed by atoms with E-state index in [9.17, 15) is 0 Å². The number of hydrogen-bond donors (Lipinski definition) is 1. The first-order chi connectivity index (χ1) is 11.4. The maximum Gasteiger partial charge on any atom is 0.138 e. The van der Waals surface area contributed by atoms with Gasteiger partial charge >= 0.3 is 0 Å². The van der Waals surface area contributed by atoms with Crippen LogP contribution < -0.4 is 5.32 Å². The van der Waals surface area contributed by atoms with Gasteiger partial charge in [0.05, 0.1) is 11.5 Å². The minimum absolute atomic E-state index is 0.468. The molecule has 0 bridgehead atoms. The fourth-order valence-electron chi connectivity index (χ4n) is 4.73. The smallest absolute Gasteiger partial charge is 0.138 e. The summed E-state index contributed by atoms with van der Waals surface area (Å²) in [5, 5.41) is 5.12. The molecular weight excluding hydrogens is 306 g/mol. The first kappa shape index (κ1) is 14.2. The fraction of sp³-hybridized carbons (Fsp3) is 0.667. The van der Waals surface area contributed by atoms with Gasteiger partial charge in [0, 0.05) is 23.4 Å². The van der Waals surface area contributed by atoms with Crippen molar-refractivity contribution in [3.63, 3.8) is 0 Å². The number of hydrogen-bond acceptors (Lipinski definition) is 5. The van der Waals surface area contributed by atoms with Crippen LogP contribution in [0.5, 0.6) is 0 Å². The number of fused-ring (bicyclic) bond motifs is 4. The van der Waals surface area contributed by atoms with Gasteiger partial charge in [-0.05, 0) is 56.9 Å². The second kappa shape index (κ2) is 5.71. The van der Waals surface area contributed by atoms with Gasteiger partial charge in [0.15, 0.2) is 0 Å². The Balaban J connectivity index is 1.51. The standard InChI is InChI=1S/C18H23N3OS/c1-2-7-15-12(4-1)16-17(19-10-20-18(16)23-15)21-13-5-3-6-14-11(13)8-9-22-14/h10-11,13-14H,1-9H2,(H,19,20,21). The maximum absolute atomic E-state index is 5.92. The summed E-state index contributed by atoms with van der Waals surface area (Å²) in [4.78, 5) is 11.9. The number of aryl methyl sites for hydroxylation is 2. The second-order valence-electron chi connectivity index (χ2n) is 7.16. The Labute approximate surface area is 140 Å². The topological polar surface area (TPSA) is 47.0 Å². The summed E-state index contributed by atoms with van der Waals surface area (Å²) in [6, 6.07) is 0.508. The Morgan fingerprint density at radius 2 is 2.04 bits per heavy atom. The lowest BCUT2D eigenvalue weighted by atomic mass is 9.82. The highest BCUT2D eigenvalue weighted by Gasteiger charge is 2.38. The molecule has 1 saturated carbocycles. The van der Waals surface area contributed by atoms with Crippen molar-refractivity contribution in [3.8, 4) is 0 Å². The molecule has 5 heteroatoms. The Bertz CT molecular complexity index is 728. The van der Waals surface area contributed by atoms with Crippen LogP contribution in [0.4, 0.5) is 5.82 Å². The van der Waals surface area contributed by atoms with Gasteiger partial charge in [-0.15, -0.1) is 11.3 Å². The Morgan fingerprint density at radius 3 is 3.04 bits per heavy atom. The van der Waals surface area contributed by atoms with Gasteiger partial charge < -0.3 is 10.1 Å². The normalized spacial score (nSPS) is 30.2. The molecule has 2 aromatic rings. The van der Waals surface area contributed by atoms with E-state index < -0.39 is 0 Å². The fourth-order valence-corrected chi connectivity index (χ4v) is 5.96. The Morgan fingerprint density at radius 1 is 1.09 bits per heavy atom. The van der Waals surface area contributed by atoms with E-state index in [1.165, 1.54) is 67.1 Å². The highest BCUT2D eigenvalue weighted by molar-refractivity contribution is 7.19. The van der Waals surface area contributed by atoms with Crippen LogP contribution in [0.25, 0.3) is 10.2 Å². The van der Waals surface area contributed by atoms with Crippen molar-refractivity contribution in [2.45, 2.75) is 63.5 Å². The summed E-state index contributed by atoms with van der Waals surface area (Å²) in [5.41, 5.74) is 1.52. The van der Waals surface area contributed by atoms with Crippen molar-refractivity contribution < 1.29 is 4.74 Å². The second-order valence-corrected chi connectivity index (χ2v) is 8.24. The van der Waals surface area contributed by atoms with Gasteiger partial charge in [-0.25, -0.2) is 9.97 Å². The molecule has 4 nitrogen and oxygen atoms in total. The first-order valence-electron chi connectivity index (χ1n) is 9.03. The monoisotopic (exact) mass is 329 g/mol. The highest BCUT2D eigenvalue weighted by Crippen LogP contribution is 2.40. The molecule has 0 radical (unpaired) electrons. The molecule has 122 valence electrons. The summed E-state index contributed by atoms with van der Waals surface area (Å²) < 4.78 is 5.92. The minimum atomic E-state index is 0.468. The first-order valence-corrected chi connectivity index (χ1v) is 9.85. The lowest BCUT2D eigenvalue weighted by molar-refractivity contribution is 0.0620. The van der Waals surface area contributed by atoms with Crippen molar-refractivity contribution in [2.24, 2.45) is 5.92 Å². The van der Waals surface area contributed by atoms with Crippen LogP contribution in [0.3, 0.4) is 0 Å². The van der Waals surface area contributed by atoms with Crippen LogP contribution in [0.1, 0.15) is 49.0 Å². The zero-order valence-corrected chi connectivity index (χ0v) is 14.2. The Hall–Kier alpha value is -1.20. The van der Waals surface area contributed by atoms with Gasteiger partial charge in [-0.3, -0.25) is 0 Å². The number of thiophene rings is 1. The molecule has 0 spiro atoms.